The molecule has 0 saturated carbocycles. The fourth-order valence-corrected chi connectivity index (χ4v) is 2.63. The zero-order chi connectivity index (χ0) is 31.1. The van der Waals surface area contributed by atoms with E-state index >= 15 is 0 Å². The maximum Gasteiger partial charge on any atom is 0.407 e. The molecule has 0 spiro atoms. The number of nitrogens with one attached hydrogen (secondary N) is 2. The number of ether oxygens (including phenoxy) is 2. The van der Waals surface area contributed by atoms with E-state index in [0.717, 1.165) is 18.4 Å². The van der Waals surface area contributed by atoms with E-state index < -0.39 is 24.0 Å². The van der Waals surface area contributed by atoms with Crippen LogP contribution in [0.2, 0.25) is 0 Å². The monoisotopic (exact) mass is 562 g/mol. The van der Waals surface area contributed by atoms with Crippen LogP contribution in [-0.2, 0) is 16.1 Å². The van der Waals surface area contributed by atoms with Crippen molar-refractivity contribution in [3.8, 4) is 11.5 Å². The number of carboxylic acid groups (broad SMARTS) is 1. The third-order valence-corrected chi connectivity index (χ3v) is 4.37. The summed E-state index contributed by atoms with van der Waals surface area (Å²) in [4.78, 5) is 44.1. The van der Waals surface area contributed by atoms with Gasteiger partial charge < -0.3 is 30.3 Å². The molecule has 224 valence electrons. The SMILES string of the molecule is CC.CC.CCCCNC(=O)OC(C)(C)C.O=Cc1c(O)cccc1OCc1ccc(C(=O)NCC(=O)O)cc1. The van der Waals surface area contributed by atoms with Crippen LogP contribution in [0, 0.1) is 0 Å². The van der Waals surface area contributed by atoms with Gasteiger partial charge in [0.15, 0.2) is 6.29 Å². The molecule has 0 saturated heterocycles. The first kappa shape index (κ1) is 38.1. The second-order valence-electron chi connectivity index (χ2n) is 8.65. The first-order chi connectivity index (χ1) is 19.0. The highest BCUT2D eigenvalue weighted by Gasteiger charge is 2.15. The lowest BCUT2D eigenvalue weighted by Crippen LogP contribution is -2.32. The van der Waals surface area contributed by atoms with Crippen LogP contribution in [0.5, 0.6) is 11.5 Å². The van der Waals surface area contributed by atoms with Gasteiger partial charge in [-0.1, -0.05) is 59.2 Å². The van der Waals surface area contributed by atoms with Gasteiger partial charge in [0, 0.05) is 12.1 Å². The third kappa shape index (κ3) is 17.4. The van der Waals surface area contributed by atoms with Gasteiger partial charge in [0.05, 0.1) is 5.56 Å². The minimum Gasteiger partial charge on any atom is -0.507 e. The highest BCUT2D eigenvalue weighted by atomic mass is 16.6. The summed E-state index contributed by atoms with van der Waals surface area (Å²) in [5.41, 5.74) is 0.745. The van der Waals surface area contributed by atoms with Gasteiger partial charge in [-0.05, 0) is 57.0 Å². The van der Waals surface area contributed by atoms with Gasteiger partial charge in [0.1, 0.15) is 30.3 Å². The minimum absolute atomic E-state index is 0.0715. The predicted octanol–water partition coefficient (Wildman–Crippen LogP) is 5.96. The summed E-state index contributed by atoms with van der Waals surface area (Å²) < 4.78 is 10.5. The van der Waals surface area contributed by atoms with Crippen molar-refractivity contribution < 1.29 is 38.9 Å². The van der Waals surface area contributed by atoms with Crippen molar-refractivity contribution in [2.75, 3.05) is 13.1 Å². The molecule has 0 aliphatic carbocycles. The summed E-state index contributed by atoms with van der Waals surface area (Å²) in [5, 5.41) is 23.0. The van der Waals surface area contributed by atoms with Crippen LogP contribution in [0.25, 0.3) is 0 Å². The number of hydrogen-bond donors (Lipinski definition) is 4. The molecule has 4 N–H and O–H groups in total. The van der Waals surface area contributed by atoms with Crippen molar-refractivity contribution in [3.05, 3.63) is 59.2 Å². The Morgan fingerprint density at radius 2 is 1.55 bits per heavy atom. The molecule has 0 aliphatic heterocycles. The van der Waals surface area contributed by atoms with Gasteiger partial charge in [0.2, 0.25) is 0 Å². The maximum absolute atomic E-state index is 11.7. The highest BCUT2D eigenvalue weighted by Crippen LogP contribution is 2.26. The number of hydrogen-bond acceptors (Lipinski definition) is 7. The van der Waals surface area contributed by atoms with Crippen molar-refractivity contribution in [1.29, 1.82) is 0 Å². The maximum atomic E-state index is 11.7. The summed E-state index contributed by atoms with van der Waals surface area (Å²) in [6.45, 7) is 16.0. The summed E-state index contributed by atoms with van der Waals surface area (Å²) in [6.07, 6.45) is 2.27. The van der Waals surface area contributed by atoms with Crippen LogP contribution in [0.15, 0.2) is 42.5 Å². The Hall–Kier alpha value is -4.08. The Labute approximate surface area is 238 Å². The van der Waals surface area contributed by atoms with Crippen molar-refractivity contribution in [2.24, 2.45) is 0 Å². The lowest BCUT2D eigenvalue weighted by Gasteiger charge is -2.19. The lowest BCUT2D eigenvalue weighted by atomic mass is 10.1. The van der Waals surface area contributed by atoms with E-state index in [1.54, 1.807) is 36.4 Å². The number of carbonyl (C=O) groups is 4. The molecule has 0 bridgehead atoms. The summed E-state index contributed by atoms with van der Waals surface area (Å²) in [7, 11) is 0. The number of aliphatic carboxylic acids is 1. The predicted molar refractivity (Wildman–Crippen MR) is 156 cm³/mol. The van der Waals surface area contributed by atoms with E-state index in [4.69, 9.17) is 14.6 Å². The van der Waals surface area contributed by atoms with E-state index in [1.807, 2.05) is 48.5 Å². The van der Waals surface area contributed by atoms with Crippen molar-refractivity contribution >= 4 is 24.3 Å². The van der Waals surface area contributed by atoms with Gasteiger partial charge >= 0.3 is 12.1 Å². The van der Waals surface area contributed by atoms with Crippen LogP contribution < -0.4 is 15.4 Å². The number of benzene rings is 2. The Balaban J connectivity index is 0. The minimum atomic E-state index is -1.12. The number of amides is 2. The molecule has 0 atom stereocenters. The molecule has 2 amide bonds. The molecule has 2 aromatic rings. The van der Waals surface area contributed by atoms with Gasteiger partial charge in [-0.25, -0.2) is 4.79 Å². The van der Waals surface area contributed by atoms with Crippen LogP contribution in [0.4, 0.5) is 4.79 Å². The Bertz CT molecular complexity index is 1020. The quantitative estimate of drug-likeness (QED) is 0.204. The van der Waals surface area contributed by atoms with E-state index in [2.05, 4.69) is 17.6 Å². The molecular weight excluding hydrogens is 516 g/mol. The molecule has 0 fully saturated rings. The molecule has 0 heterocycles. The van der Waals surface area contributed by atoms with Gasteiger partial charge in [0.25, 0.3) is 5.91 Å². The normalized spacial score (nSPS) is 9.60. The number of carboxylic acids is 1. The van der Waals surface area contributed by atoms with Crippen molar-refractivity contribution in [3.63, 3.8) is 0 Å². The van der Waals surface area contributed by atoms with E-state index in [0.29, 0.717) is 18.4 Å². The zero-order valence-electron chi connectivity index (χ0n) is 25.0. The van der Waals surface area contributed by atoms with E-state index in [1.165, 1.54) is 6.07 Å². The largest absolute Gasteiger partial charge is 0.507 e. The number of aromatic hydroxyl groups is 1. The second kappa shape index (κ2) is 21.8. The number of unbranched alkanes of at least 4 members (excludes halogenated alkanes) is 1. The lowest BCUT2D eigenvalue weighted by molar-refractivity contribution is -0.135. The second-order valence-corrected chi connectivity index (χ2v) is 8.65. The topological polar surface area (TPSA) is 151 Å². The van der Waals surface area contributed by atoms with Gasteiger partial charge in [-0.2, -0.15) is 0 Å². The first-order valence-electron chi connectivity index (χ1n) is 13.4. The number of phenols is 1. The molecule has 0 unspecified atom stereocenters. The summed E-state index contributed by atoms with van der Waals surface area (Å²) >= 11 is 0. The first-order valence-corrected chi connectivity index (χ1v) is 13.4. The van der Waals surface area contributed by atoms with Crippen molar-refractivity contribution in [2.45, 2.75) is 80.4 Å². The van der Waals surface area contributed by atoms with Crippen LogP contribution in [-0.4, -0.2) is 53.2 Å². The number of phenolic OH excluding ortho intramolecular Hbond substituents is 1. The van der Waals surface area contributed by atoms with Gasteiger partial charge in [-0.15, -0.1) is 0 Å². The molecular formula is C30H46N2O8. The van der Waals surface area contributed by atoms with E-state index in [-0.39, 0.29) is 29.8 Å². The average Bonchev–Trinajstić information content (AvgIpc) is 2.92. The zero-order valence-corrected chi connectivity index (χ0v) is 25.0. The fraction of sp³-hybridized carbons (Fsp3) is 0.467. The highest BCUT2D eigenvalue weighted by molar-refractivity contribution is 5.95. The van der Waals surface area contributed by atoms with Crippen LogP contribution >= 0.6 is 0 Å². The average molecular weight is 563 g/mol. The van der Waals surface area contributed by atoms with Crippen LogP contribution in [0.3, 0.4) is 0 Å². The molecule has 10 nitrogen and oxygen atoms in total. The molecule has 2 rings (SSSR count). The standard InChI is InChI=1S/C17H15NO6.C9H19NO2.2C2H6/c19-9-13-14(20)2-1-3-15(13)24-10-11-4-6-12(7-5-11)17(23)18-8-16(21)22;1-5-6-7-10-8(11)12-9(2,3)4;2*1-2/h1-7,9,20H,8,10H2,(H,18,23)(H,21,22);5-7H2,1-4H3,(H,10,11);2*1-2H3. The summed E-state index contributed by atoms with van der Waals surface area (Å²) in [5.74, 6) is -1.51. The molecule has 40 heavy (non-hydrogen) atoms. The molecule has 0 aromatic heterocycles. The van der Waals surface area contributed by atoms with Crippen molar-refractivity contribution in [1.82, 2.24) is 10.6 Å². The number of carbonyl (C=O) groups excluding carboxylic acids is 3. The molecule has 0 aliphatic rings. The third-order valence-electron chi connectivity index (χ3n) is 4.37. The molecule has 0 radical (unpaired) electrons. The Morgan fingerprint density at radius 1 is 0.950 bits per heavy atom. The Morgan fingerprint density at radius 3 is 2.05 bits per heavy atom. The number of rotatable bonds is 10. The van der Waals surface area contributed by atoms with Crippen LogP contribution in [0.1, 0.15) is 94.5 Å². The smallest absolute Gasteiger partial charge is 0.407 e. The molecule has 10 heteroatoms. The molecule has 2 aromatic carbocycles. The fourth-order valence-electron chi connectivity index (χ4n) is 2.63. The number of alkyl carbamates (subject to hydrolysis) is 1. The van der Waals surface area contributed by atoms with E-state index in [9.17, 15) is 24.3 Å². The number of aldehydes is 1. The summed E-state index contributed by atoms with van der Waals surface area (Å²) in [6, 6.07) is 10.9. The van der Waals surface area contributed by atoms with Gasteiger partial charge in [-0.3, -0.25) is 14.4 Å². The Kier molecular flexibility index (Phi) is 20.8.